The molecule has 4 rings (SSSR count). The van der Waals surface area contributed by atoms with Crippen molar-refractivity contribution >= 4 is 29.3 Å². The molecule has 2 aromatic carbocycles. The highest BCUT2D eigenvalue weighted by Crippen LogP contribution is 2.36. The van der Waals surface area contributed by atoms with E-state index in [1.807, 2.05) is 29.2 Å². The number of quaternary nitrogens is 1. The van der Waals surface area contributed by atoms with Crippen LogP contribution in [0.5, 0.6) is 0 Å². The number of amides is 2. The summed E-state index contributed by atoms with van der Waals surface area (Å²) < 4.78 is 0. The molecule has 1 saturated heterocycles. The maximum absolute atomic E-state index is 12.8. The van der Waals surface area contributed by atoms with Gasteiger partial charge in [0.2, 0.25) is 11.8 Å². The molecule has 2 N–H and O–H groups in total. The number of thioether (sulfide) groups is 1. The molecule has 1 atom stereocenters. The molecule has 6 heteroatoms. The lowest BCUT2D eigenvalue weighted by Crippen LogP contribution is -3.13. The van der Waals surface area contributed by atoms with Gasteiger partial charge in [0, 0.05) is 16.9 Å². The van der Waals surface area contributed by atoms with E-state index in [4.69, 9.17) is 0 Å². The van der Waals surface area contributed by atoms with E-state index in [-0.39, 0.29) is 23.5 Å². The summed E-state index contributed by atoms with van der Waals surface area (Å²) in [6, 6.07) is 16.7. The second-order valence-electron chi connectivity index (χ2n) is 8.50. The summed E-state index contributed by atoms with van der Waals surface area (Å²) in [5.41, 5.74) is 3.56. The Labute approximate surface area is 182 Å². The summed E-state index contributed by atoms with van der Waals surface area (Å²) in [7, 11) is 0. The van der Waals surface area contributed by atoms with Gasteiger partial charge >= 0.3 is 0 Å². The highest BCUT2D eigenvalue weighted by atomic mass is 32.2. The molecule has 1 fully saturated rings. The molecule has 0 bridgehead atoms. The third-order valence-electron chi connectivity index (χ3n) is 5.99. The fourth-order valence-electron chi connectivity index (χ4n) is 4.07. The van der Waals surface area contributed by atoms with Gasteiger partial charge in [0.1, 0.15) is 6.54 Å². The molecule has 2 aromatic rings. The van der Waals surface area contributed by atoms with Gasteiger partial charge < -0.3 is 15.1 Å². The summed E-state index contributed by atoms with van der Waals surface area (Å²) >= 11 is 1.50. The number of rotatable bonds is 5. The number of anilines is 1. The molecule has 0 aromatic heterocycles. The van der Waals surface area contributed by atoms with Crippen LogP contribution in [0.3, 0.4) is 0 Å². The minimum Gasteiger partial charge on any atom is -0.331 e. The van der Waals surface area contributed by atoms with Crippen LogP contribution >= 0.6 is 11.8 Å². The average Bonchev–Trinajstić information content (AvgIpc) is 2.75. The van der Waals surface area contributed by atoms with Crippen molar-refractivity contribution in [1.82, 2.24) is 4.90 Å². The quantitative estimate of drug-likeness (QED) is 0.776. The van der Waals surface area contributed by atoms with E-state index in [2.05, 4.69) is 43.4 Å². The Morgan fingerprint density at radius 3 is 2.53 bits per heavy atom. The lowest BCUT2D eigenvalue weighted by atomic mass is 10.0. The first kappa shape index (κ1) is 20.9. The number of hydrogen-bond donors (Lipinski definition) is 2. The number of carbonyl (C=O) groups is 2. The van der Waals surface area contributed by atoms with Crippen LogP contribution in [0, 0.1) is 0 Å². The second-order valence-corrected chi connectivity index (χ2v) is 9.74. The van der Waals surface area contributed by atoms with Crippen LogP contribution in [-0.4, -0.2) is 48.1 Å². The van der Waals surface area contributed by atoms with E-state index in [1.165, 1.54) is 27.8 Å². The maximum atomic E-state index is 12.8. The number of piperazine rings is 1. The minimum atomic E-state index is -0.350. The van der Waals surface area contributed by atoms with Crippen LogP contribution in [0.1, 0.15) is 37.3 Å². The topological polar surface area (TPSA) is 53.9 Å². The van der Waals surface area contributed by atoms with Crippen molar-refractivity contribution < 1.29 is 14.5 Å². The lowest BCUT2D eigenvalue weighted by molar-refractivity contribution is -0.917. The Kier molecular flexibility index (Phi) is 6.44. The summed E-state index contributed by atoms with van der Waals surface area (Å²) in [5, 5.41) is 2.58. The van der Waals surface area contributed by atoms with Gasteiger partial charge in [-0.2, -0.15) is 0 Å². The zero-order valence-corrected chi connectivity index (χ0v) is 18.5. The van der Waals surface area contributed by atoms with E-state index in [0.29, 0.717) is 5.92 Å². The van der Waals surface area contributed by atoms with Gasteiger partial charge in [0.15, 0.2) is 0 Å². The largest absolute Gasteiger partial charge is 0.331 e. The van der Waals surface area contributed by atoms with E-state index in [9.17, 15) is 9.59 Å². The highest BCUT2D eigenvalue weighted by Gasteiger charge is 2.32. The van der Waals surface area contributed by atoms with Crippen molar-refractivity contribution in [3.8, 4) is 0 Å². The molecule has 0 aliphatic carbocycles. The summed E-state index contributed by atoms with van der Waals surface area (Å²) in [6.07, 6.45) is 0.261. The zero-order valence-electron chi connectivity index (χ0n) is 17.7. The van der Waals surface area contributed by atoms with Crippen molar-refractivity contribution in [2.45, 2.75) is 42.9 Å². The van der Waals surface area contributed by atoms with Crippen LogP contribution in [-0.2, 0) is 16.1 Å². The number of carbonyl (C=O) groups excluding carboxylic acids is 2. The van der Waals surface area contributed by atoms with Crippen LogP contribution in [0.15, 0.2) is 53.4 Å². The highest BCUT2D eigenvalue weighted by molar-refractivity contribution is 8.01. The number of nitrogens with zero attached hydrogens (tertiary/aromatic N) is 1. The Balaban J connectivity index is 1.27. The maximum Gasteiger partial charge on any atom is 0.238 e. The summed E-state index contributed by atoms with van der Waals surface area (Å²) in [5.74, 6) is 0.572. The Bertz CT molecular complexity index is 905. The number of fused-ring (bicyclic) bond motifs is 1. The van der Waals surface area contributed by atoms with Crippen molar-refractivity contribution in [3.05, 3.63) is 59.7 Å². The van der Waals surface area contributed by atoms with Gasteiger partial charge in [0.25, 0.3) is 0 Å². The molecular formula is C24H30N3O2S+. The molecule has 2 aliphatic rings. The number of benzene rings is 2. The molecule has 0 saturated carbocycles. The van der Waals surface area contributed by atoms with Crippen LogP contribution in [0.4, 0.5) is 5.69 Å². The third kappa shape index (κ3) is 4.87. The van der Waals surface area contributed by atoms with Gasteiger partial charge in [-0.15, -0.1) is 11.8 Å². The van der Waals surface area contributed by atoms with E-state index >= 15 is 0 Å². The Morgan fingerprint density at radius 2 is 1.83 bits per heavy atom. The predicted octanol–water partition coefficient (Wildman–Crippen LogP) is 2.54. The van der Waals surface area contributed by atoms with Gasteiger partial charge in [-0.05, 0) is 23.6 Å². The van der Waals surface area contributed by atoms with E-state index in [1.54, 1.807) is 0 Å². The normalized spacial score (nSPS) is 19.5. The Morgan fingerprint density at radius 1 is 1.13 bits per heavy atom. The SMILES string of the molecule is CC(C)c1ccc(C[NH+]2CCN(C(=O)C[C@@H]3Sc4ccccc4NC3=O)CC2)cc1. The number of nitrogens with one attached hydrogen (secondary N) is 2. The van der Waals surface area contributed by atoms with Gasteiger partial charge in [-0.1, -0.05) is 50.2 Å². The third-order valence-corrected chi connectivity index (χ3v) is 7.27. The number of hydrogen-bond acceptors (Lipinski definition) is 3. The van der Waals surface area contributed by atoms with Crippen molar-refractivity contribution in [1.29, 1.82) is 0 Å². The first-order valence-corrected chi connectivity index (χ1v) is 11.6. The van der Waals surface area contributed by atoms with E-state index in [0.717, 1.165) is 43.3 Å². The van der Waals surface area contributed by atoms with Gasteiger partial charge in [-0.3, -0.25) is 9.59 Å². The fourth-order valence-corrected chi connectivity index (χ4v) is 5.17. The first-order chi connectivity index (χ1) is 14.5. The van der Waals surface area contributed by atoms with Gasteiger partial charge in [-0.25, -0.2) is 0 Å². The minimum absolute atomic E-state index is 0.0684. The molecule has 0 radical (unpaired) electrons. The predicted molar refractivity (Wildman–Crippen MR) is 121 cm³/mol. The second kappa shape index (κ2) is 9.23. The summed E-state index contributed by atoms with van der Waals surface area (Å²) in [6.45, 7) is 8.84. The lowest BCUT2D eigenvalue weighted by Gasteiger charge is -2.33. The molecule has 158 valence electrons. The molecular weight excluding hydrogens is 394 g/mol. The van der Waals surface area contributed by atoms with Crippen molar-refractivity contribution in [2.75, 3.05) is 31.5 Å². The Hall–Kier alpha value is -2.31. The first-order valence-electron chi connectivity index (χ1n) is 10.8. The molecule has 0 unspecified atom stereocenters. The van der Waals surface area contributed by atoms with Crippen molar-refractivity contribution in [2.24, 2.45) is 0 Å². The van der Waals surface area contributed by atoms with Gasteiger partial charge in [0.05, 0.1) is 37.1 Å². The standard InChI is InChI=1S/C24H29N3O2S/c1-17(2)19-9-7-18(8-10-19)16-26-11-13-27(14-12-26)23(28)15-22-24(29)25-20-5-3-4-6-21(20)30-22/h3-10,17,22H,11-16H2,1-2H3,(H,25,29)/p+1/t22-/m0/s1. The monoisotopic (exact) mass is 424 g/mol. The molecule has 2 amide bonds. The van der Waals surface area contributed by atoms with Crippen molar-refractivity contribution in [3.63, 3.8) is 0 Å². The molecule has 2 heterocycles. The fraction of sp³-hybridized carbons (Fsp3) is 0.417. The van der Waals surface area contributed by atoms with E-state index < -0.39 is 0 Å². The average molecular weight is 425 g/mol. The smallest absolute Gasteiger partial charge is 0.238 e. The molecule has 0 spiro atoms. The summed E-state index contributed by atoms with van der Waals surface area (Å²) in [4.78, 5) is 29.7. The molecule has 30 heavy (non-hydrogen) atoms. The number of para-hydroxylation sites is 1. The molecule has 2 aliphatic heterocycles. The van der Waals surface area contributed by atoms with Crippen LogP contribution in [0.2, 0.25) is 0 Å². The molecule has 5 nitrogen and oxygen atoms in total. The van der Waals surface area contributed by atoms with Crippen LogP contribution in [0.25, 0.3) is 0 Å². The van der Waals surface area contributed by atoms with Crippen LogP contribution < -0.4 is 10.2 Å². The zero-order chi connectivity index (χ0) is 21.1.